The Morgan fingerprint density at radius 3 is 1.45 bits per heavy atom. The van der Waals surface area contributed by atoms with E-state index in [1.54, 1.807) is 48.5 Å². The molecule has 1 aliphatic heterocycles. The van der Waals surface area contributed by atoms with Gasteiger partial charge in [-0.1, -0.05) is 23.2 Å². The zero-order valence-electron chi connectivity index (χ0n) is 24.6. The topological polar surface area (TPSA) is 149 Å². The van der Waals surface area contributed by atoms with Gasteiger partial charge in [0.2, 0.25) is 11.2 Å². The lowest BCUT2D eigenvalue weighted by molar-refractivity contribution is -0.150. The second kappa shape index (κ2) is 15.1. The fraction of sp³-hybridized carbons (Fsp3) is 0.333. The van der Waals surface area contributed by atoms with Gasteiger partial charge < -0.3 is 29.6 Å². The van der Waals surface area contributed by atoms with Crippen molar-refractivity contribution in [3.05, 3.63) is 76.8 Å². The number of hydrogen-bond donors (Lipinski definition) is 3. The van der Waals surface area contributed by atoms with E-state index in [9.17, 15) is 22.6 Å². The van der Waals surface area contributed by atoms with Crippen LogP contribution in [0.2, 0.25) is 10.0 Å². The molecule has 238 valence electrons. The Kier molecular flexibility index (Phi) is 12.0. The number of carbonyl (C=O) groups excluding carboxylic acids is 2. The number of rotatable bonds is 9. The van der Waals surface area contributed by atoms with Crippen molar-refractivity contribution in [2.24, 2.45) is 0 Å². The van der Waals surface area contributed by atoms with Gasteiger partial charge in [-0.05, 0) is 88.4 Å². The van der Waals surface area contributed by atoms with Crippen molar-refractivity contribution < 1.29 is 41.5 Å². The molecule has 0 atom stereocenters. The molecule has 0 unspecified atom stereocenters. The van der Waals surface area contributed by atoms with Gasteiger partial charge in [-0.2, -0.15) is 8.42 Å². The van der Waals surface area contributed by atoms with Crippen LogP contribution in [-0.2, 0) is 19.7 Å². The molecule has 0 bridgehead atoms. The van der Waals surface area contributed by atoms with Crippen LogP contribution in [0.3, 0.4) is 0 Å². The lowest BCUT2D eigenvalue weighted by atomic mass is 10.1. The molecule has 1 saturated heterocycles. The molecule has 3 N–H and O–H groups in total. The number of halogens is 2. The zero-order valence-corrected chi connectivity index (χ0v) is 26.9. The Labute approximate surface area is 266 Å². The summed E-state index contributed by atoms with van der Waals surface area (Å²) in [6, 6.07) is 15.6. The van der Waals surface area contributed by atoms with Crippen LogP contribution in [0.5, 0.6) is 23.0 Å². The van der Waals surface area contributed by atoms with Crippen molar-refractivity contribution in [1.82, 2.24) is 10.6 Å². The second-order valence-electron chi connectivity index (χ2n) is 10.5. The van der Waals surface area contributed by atoms with E-state index in [1.807, 2.05) is 0 Å². The van der Waals surface area contributed by atoms with Gasteiger partial charge >= 0.3 is 11.9 Å². The van der Waals surface area contributed by atoms with Gasteiger partial charge in [-0.15, -0.1) is 0 Å². The van der Waals surface area contributed by atoms with Crippen LogP contribution in [0.1, 0.15) is 27.7 Å². The first-order chi connectivity index (χ1) is 20.6. The van der Waals surface area contributed by atoms with Crippen LogP contribution >= 0.6 is 23.2 Å². The minimum absolute atomic E-state index is 0.244. The monoisotopic (exact) mass is 668 g/mol. The Hall–Kier alpha value is -3.39. The molecule has 3 aromatic rings. The van der Waals surface area contributed by atoms with E-state index < -0.39 is 43.9 Å². The van der Waals surface area contributed by atoms with Crippen molar-refractivity contribution in [1.29, 1.82) is 0 Å². The van der Waals surface area contributed by atoms with Crippen LogP contribution in [0.15, 0.2) is 71.6 Å². The first-order valence-electron chi connectivity index (χ1n) is 13.4. The average molecular weight is 670 g/mol. The zero-order chi connectivity index (χ0) is 32.5. The summed E-state index contributed by atoms with van der Waals surface area (Å²) in [4.78, 5) is 24.8. The first-order valence-corrected chi connectivity index (χ1v) is 15.6. The quantitative estimate of drug-likeness (QED) is 0.162. The molecule has 14 heteroatoms. The lowest BCUT2D eigenvalue weighted by Gasteiger charge is -2.25. The summed E-state index contributed by atoms with van der Waals surface area (Å²) >= 11 is 11.7. The molecule has 3 aromatic carbocycles. The minimum atomic E-state index is -4.90. The van der Waals surface area contributed by atoms with Crippen LogP contribution in [-0.4, -0.2) is 62.3 Å². The van der Waals surface area contributed by atoms with Crippen LogP contribution in [0.25, 0.3) is 0 Å². The van der Waals surface area contributed by atoms with Crippen LogP contribution in [0.4, 0.5) is 0 Å². The van der Waals surface area contributed by atoms with Gasteiger partial charge in [0.1, 0.15) is 22.1 Å². The normalized spacial score (nSPS) is 13.6. The molecule has 0 aliphatic carbocycles. The summed E-state index contributed by atoms with van der Waals surface area (Å²) in [6.45, 7) is 10.3. The summed E-state index contributed by atoms with van der Waals surface area (Å²) in [7, 11) is -4.90. The first kappa shape index (κ1) is 35.1. The second-order valence-corrected chi connectivity index (χ2v) is 12.8. The van der Waals surface area contributed by atoms with E-state index in [2.05, 4.69) is 10.6 Å². The molecule has 1 fully saturated rings. The van der Waals surface area contributed by atoms with Gasteiger partial charge in [0.05, 0.1) is 0 Å². The highest BCUT2D eigenvalue weighted by Crippen LogP contribution is 2.31. The Bertz CT molecular complexity index is 1530. The van der Waals surface area contributed by atoms with Gasteiger partial charge in [0.15, 0.2) is 5.75 Å². The standard InChI is InChI=1S/C26H24Cl2O9S.C4H10N2/c1-25(2,36-18-9-5-16(27)6-10-18)23(29)34-20-13-14-21(22(15-20)38(31,32)33)35-24(30)26(3,4)37-19-11-7-17(28)8-12-19;1-2-6-4-3-5-1/h5-15H,1-4H3,(H,31,32,33);5-6H,1-4H2. The van der Waals surface area contributed by atoms with Crippen LogP contribution < -0.4 is 29.6 Å². The number of nitrogens with one attached hydrogen (secondary N) is 2. The summed E-state index contributed by atoms with van der Waals surface area (Å²) < 4.78 is 55.7. The molecule has 0 spiro atoms. The SMILES string of the molecule is C1CNCCN1.CC(C)(Oc1ccc(Cl)cc1)C(=O)Oc1ccc(OC(=O)C(C)(C)Oc2ccc(Cl)cc2)c(S(=O)(=O)O)c1. The summed E-state index contributed by atoms with van der Waals surface area (Å²) in [5.41, 5.74) is -3.04. The molecule has 4 rings (SSSR count). The molecule has 0 saturated carbocycles. The van der Waals surface area contributed by atoms with Crippen molar-refractivity contribution >= 4 is 45.3 Å². The number of piperazine rings is 1. The molecule has 11 nitrogen and oxygen atoms in total. The summed E-state index contributed by atoms with van der Waals surface area (Å²) in [6.07, 6.45) is 0. The van der Waals surface area contributed by atoms with Crippen molar-refractivity contribution in [2.75, 3.05) is 26.2 Å². The maximum absolute atomic E-state index is 12.8. The van der Waals surface area contributed by atoms with Gasteiger partial charge in [-0.25, -0.2) is 9.59 Å². The predicted octanol–water partition coefficient (Wildman–Crippen LogP) is 4.95. The van der Waals surface area contributed by atoms with E-state index >= 15 is 0 Å². The number of esters is 2. The van der Waals surface area contributed by atoms with E-state index in [0.717, 1.165) is 38.3 Å². The van der Waals surface area contributed by atoms with Crippen molar-refractivity contribution in [2.45, 2.75) is 43.8 Å². The molecule has 44 heavy (non-hydrogen) atoms. The molecular weight excluding hydrogens is 635 g/mol. The third-order valence-corrected chi connectivity index (χ3v) is 7.30. The minimum Gasteiger partial charge on any atom is -0.476 e. The molecule has 0 aromatic heterocycles. The molecule has 1 aliphatic rings. The molecule has 0 radical (unpaired) electrons. The molecule has 1 heterocycles. The molecule has 0 amide bonds. The number of hydrogen-bond acceptors (Lipinski definition) is 10. The number of ether oxygens (including phenoxy) is 4. The van der Waals surface area contributed by atoms with Crippen molar-refractivity contribution in [3.63, 3.8) is 0 Å². The third-order valence-electron chi connectivity index (χ3n) is 5.92. The van der Waals surface area contributed by atoms with E-state index in [1.165, 1.54) is 33.8 Å². The van der Waals surface area contributed by atoms with Crippen molar-refractivity contribution in [3.8, 4) is 23.0 Å². The molecular formula is C30H34Cl2N2O9S. The largest absolute Gasteiger partial charge is 0.476 e. The third kappa shape index (κ3) is 10.7. The Balaban J connectivity index is 0.000000785. The Morgan fingerprint density at radius 1 is 0.682 bits per heavy atom. The van der Waals surface area contributed by atoms with Crippen LogP contribution in [0, 0.1) is 0 Å². The fourth-order valence-corrected chi connectivity index (χ4v) is 4.45. The van der Waals surface area contributed by atoms with Gasteiger partial charge in [0, 0.05) is 42.3 Å². The lowest BCUT2D eigenvalue weighted by Crippen LogP contribution is -2.41. The fourth-order valence-electron chi connectivity index (χ4n) is 3.57. The van der Waals surface area contributed by atoms with Gasteiger partial charge in [-0.3, -0.25) is 4.55 Å². The summed E-state index contributed by atoms with van der Waals surface area (Å²) in [5, 5.41) is 7.40. The maximum atomic E-state index is 12.8. The van der Waals surface area contributed by atoms with Gasteiger partial charge in [0.25, 0.3) is 10.1 Å². The smallest absolute Gasteiger partial charge is 0.355 e. The van der Waals surface area contributed by atoms with E-state index in [4.69, 9.17) is 42.1 Å². The predicted molar refractivity (Wildman–Crippen MR) is 166 cm³/mol. The summed E-state index contributed by atoms with van der Waals surface area (Å²) in [5.74, 6) is -1.90. The highest BCUT2D eigenvalue weighted by molar-refractivity contribution is 7.86. The number of benzene rings is 3. The highest BCUT2D eigenvalue weighted by atomic mass is 35.5. The number of carbonyl (C=O) groups is 2. The average Bonchev–Trinajstić information content (AvgIpc) is 2.96. The highest BCUT2D eigenvalue weighted by Gasteiger charge is 2.35. The van der Waals surface area contributed by atoms with E-state index in [0.29, 0.717) is 21.5 Å². The Morgan fingerprint density at radius 2 is 1.07 bits per heavy atom. The maximum Gasteiger partial charge on any atom is 0.355 e. The van der Waals surface area contributed by atoms with E-state index in [-0.39, 0.29) is 5.75 Å².